The lowest BCUT2D eigenvalue weighted by atomic mass is 9.95. The Morgan fingerprint density at radius 2 is 2.00 bits per heavy atom. The van der Waals surface area contributed by atoms with E-state index < -0.39 is 11.4 Å². The van der Waals surface area contributed by atoms with Gasteiger partial charge in [-0.1, -0.05) is 0 Å². The fourth-order valence-corrected chi connectivity index (χ4v) is 1.24. The number of carboxylic acids is 1. The van der Waals surface area contributed by atoms with Crippen LogP contribution in [-0.4, -0.2) is 28.0 Å². The fraction of sp³-hybridized carbons (Fsp3) is 0.333. The number of carbonyl (C=O) groups excluding carboxylic acids is 1. The first kappa shape index (κ1) is 14.3. The number of alkyl halides is 1. The van der Waals surface area contributed by atoms with Crippen LogP contribution in [0.15, 0.2) is 18.2 Å². The smallest absolute Gasteiger partial charge is 0.335 e. The van der Waals surface area contributed by atoms with Crippen LogP contribution in [0.3, 0.4) is 0 Å². The second-order valence-electron chi connectivity index (χ2n) is 4.51. The van der Waals surface area contributed by atoms with E-state index >= 15 is 0 Å². The van der Waals surface area contributed by atoms with Gasteiger partial charge in [0.05, 0.1) is 16.7 Å². The van der Waals surface area contributed by atoms with Crippen LogP contribution in [0.1, 0.15) is 24.2 Å². The minimum atomic E-state index is -1.15. The SMILES string of the molecule is CC(C)(CCl)C(=O)Nc1ccc(C(=O)O)cc1O. The maximum Gasteiger partial charge on any atom is 0.335 e. The van der Waals surface area contributed by atoms with Gasteiger partial charge in [0.25, 0.3) is 0 Å². The summed E-state index contributed by atoms with van der Waals surface area (Å²) in [5, 5.41) is 20.9. The molecule has 0 heterocycles. The number of aromatic carboxylic acids is 1. The van der Waals surface area contributed by atoms with Crippen molar-refractivity contribution in [3.05, 3.63) is 23.8 Å². The molecule has 0 atom stereocenters. The van der Waals surface area contributed by atoms with E-state index in [1.165, 1.54) is 12.1 Å². The highest BCUT2D eigenvalue weighted by Gasteiger charge is 2.27. The summed E-state index contributed by atoms with van der Waals surface area (Å²) in [5.74, 6) is -1.67. The van der Waals surface area contributed by atoms with Crippen LogP contribution in [0.5, 0.6) is 5.75 Å². The third-order valence-corrected chi connectivity index (χ3v) is 3.11. The predicted molar refractivity (Wildman–Crippen MR) is 68.2 cm³/mol. The highest BCUT2D eigenvalue weighted by molar-refractivity contribution is 6.20. The van der Waals surface area contributed by atoms with Crippen LogP contribution in [0.25, 0.3) is 0 Å². The second kappa shape index (κ2) is 5.27. The van der Waals surface area contributed by atoms with Gasteiger partial charge in [0.2, 0.25) is 5.91 Å². The van der Waals surface area contributed by atoms with Gasteiger partial charge in [-0.3, -0.25) is 4.79 Å². The molecule has 18 heavy (non-hydrogen) atoms. The van der Waals surface area contributed by atoms with Crippen molar-refractivity contribution < 1.29 is 19.8 Å². The van der Waals surface area contributed by atoms with Gasteiger partial charge in [-0.2, -0.15) is 0 Å². The molecule has 98 valence electrons. The maximum atomic E-state index is 11.8. The molecule has 0 aliphatic heterocycles. The van der Waals surface area contributed by atoms with Crippen molar-refractivity contribution in [2.45, 2.75) is 13.8 Å². The van der Waals surface area contributed by atoms with Gasteiger partial charge < -0.3 is 15.5 Å². The lowest BCUT2D eigenvalue weighted by Gasteiger charge is -2.20. The lowest BCUT2D eigenvalue weighted by molar-refractivity contribution is -0.122. The van der Waals surface area contributed by atoms with E-state index in [-0.39, 0.29) is 28.8 Å². The molecule has 0 spiro atoms. The Morgan fingerprint density at radius 3 is 2.44 bits per heavy atom. The van der Waals surface area contributed by atoms with Gasteiger partial charge in [-0.25, -0.2) is 4.79 Å². The van der Waals surface area contributed by atoms with Crippen LogP contribution in [-0.2, 0) is 4.79 Å². The molecule has 1 amide bonds. The Hall–Kier alpha value is -1.75. The molecule has 3 N–H and O–H groups in total. The van der Waals surface area contributed by atoms with Crippen LogP contribution in [0.2, 0.25) is 0 Å². The van der Waals surface area contributed by atoms with Crippen molar-refractivity contribution in [3.63, 3.8) is 0 Å². The molecule has 0 aromatic heterocycles. The predicted octanol–water partition coefficient (Wildman–Crippen LogP) is 2.29. The van der Waals surface area contributed by atoms with Crippen LogP contribution in [0.4, 0.5) is 5.69 Å². The molecule has 5 nitrogen and oxygen atoms in total. The summed E-state index contributed by atoms with van der Waals surface area (Å²) < 4.78 is 0. The zero-order chi connectivity index (χ0) is 13.9. The summed E-state index contributed by atoms with van der Waals surface area (Å²) in [5.41, 5.74) is -0.676. The Kier molecular flexibility index (Phi) is 4.19. The third kappa shape index (κ3) is 3.13. The molecular weight excluding hydrogens is 258 g/mol. The van der Waals surface area contributed by atoms with Crippen molar-refractivity contribution in [3.8, 4) is 5.75 Å². The summed E-state index contributed by atoms with van der Waals surface area (Å²) >= 11 is 5.66. The molecule has 0 bridgehead atoms. The quantitative estimate of drug-likeness (QED) is 0.579. The van der Waals surface area contributed by atoms with Crippen molar-refractivity contribution in [1.29, 1.82) is 0 Å². The number of benzene rings is 1. The zero-order valence-electron chi connectivity index (χ0n) is 10.0. The monoisotopic (exact) mass is 271 g/mol. The molecule has 0 saturated carbocycles. The number of phenolic OH excluding ortho intramolecular Hbond substituents is 1. The number of carbonyl (C=O) groups is 2. The van der Waals surface area contributed by atoms with Gasteiger partial charge in [0.1, 0.15) is 5.75 Å². The molecule has 0 aliphatic carbocycles. The summed E-state index contributed by atoms with van der Waals surface area (Å²) in [6.45, 7) is 3.33. The first-order valence-corrected chi connectivity index (χ1v) is 5.75. The van der Waals surface area contributed by atoms with E-state index in [0.717, 1.165) is 6.07 Å². The van der Waals surface area contributed by atoms with Crippen molar-refractivity contribution in [2.24, 2.45) is 5.41 Å². The van der Waals surface area contributed by atoms with E-state index in [1.54, 1.807) is 13.8 Å². The van der Waals surface area contributed by atoms with E-state index in [9.17, 15) is 14.7 Å². The number of amides is 1. The summed E-state index contributed by atoms with van der Waals surface area (Å²) in [6, 6.07) is 3.71. The Balaban J connectivity index is 2.93. The minimum absolute atomic E-state index is 0.0536. The number of anilines is 1. The molecule has 6 heteroatoms. The average Bonchev–Trinajstić information content (AvgIpc) is 2.31. The molecular formula is C12H14ClNO4. The Bertz CT molecular complexity index is 485. The number of halogens is 1. The molecule has 0 unspecified atom stereocenters. The molecule has 0 fully saturated rings. The Morgan fingerprint density at radius 1 is 1.39 bits per heavy atom. The van der Waals surface area contributed by atoms with Gasteiger partial charge in [0.15, 0.2) is 0 Å². The zero-order valence-corrected chi connectivity index (χ0v) is 10.8. The maximum absolute atomic E-state index is 11.8. The normalized spacial score (nSPS) is 11.1. The van der Waals surface area contributed by atoms with E-state index in [1.807, 2.05) is 0 Å². The summed E-state index contributed by atoms with van der Waals surface area (Å²) in [6.07, 6.45) is 0. The molecule has 0 aliphatic rings. The van der Waals surface area contributed by atoms with Gasteiger partial charge in [-0.15, -0.1) is 11.6 Å². The third-order valence-electron chi connectivity index (χ3n) is 2.44. The number of rotatable bonds is 4. The molecule has 1 aromatic rings. The number of aromatic hydroxyl groups is 1. The Labute approximate surface area is 109 Å². The first-order valence-electron chi connectivity index (χ1n) is 5.21. The van der Waals surface area contributed by atoms with E-state index in [0.29, 0.717) is 0 Å². The largest absolute Gasteiger partial charge is 0.506 e. The lowest BCUT2D eigenvalue weighted by Crippen LogP contribution is -2.32. The van der Waals surface area contributed by atoms with Crippen molar-refractivity contribution in [2.75, 3.05) is 11.2 Å². The number of nitrogens with one attached hydrogen (secondary N) is 1. The first-order chi connectivity index (χ1) is 8.27. The highest BCUT2D eigenvalue weighted by Crippen LogP contribution is 2.27. The van der Waals surface area contributed by atoms with Crippen molar-refractivity contribution in [1.82, 2.24) is 0 Å². The standard InChI is InChI=1S/C12H14ClNO4/c1-12(2,6-13)11(18)14-8-4-3-7(10(16)17)5-9(8)15/h3-5,15H,6H2,1-2H3,(H,14,18)(H,16,17). The fourth-order valence-electron chi connectivity index (χ4n) is 1.12. The van der Waals surface area contributed by atoms with Crippen molar-refractivity contribution >= 4 is 29.2 Å². The van der Waals surface area contributed by atoms with E-state index in [2.05, 4.69) is 5.32 Å². The van der Waals surface area contributed by atoms with Gasteiger partial charge in [-0.05, 0) is 32.0 Å². The van der Waals surface area contributed by atoms with Gasteiger partial charge in [0, 0.05) is 5.88 Å². The topological polar surface area (TPSA) is 86.6 Å². The average molecular weight is 272 g/mol. The molecule has 1 rings (SSSR count). The van der Waals surface area contributed by atoms with Crippen LogP contribution >= 0.6 is 11.6 Å². The number of phenols is 1. The summed E-state index contributed by atoms with van der Waals surface area (Å²) in [4.78, 5) is 22.5. The molecule has 1 aromatic carbocycles. The van der Waals surface area contributed by atoms with E-state index in [4.69, 9.17) is 16.7 Å². The number of carboxylic acid groups (broad SMARTS) is 1. The second-order valence-corrected chi connectivity index (χ2v) is 4.78. The minimum Gasteiger partial charge on any atom is -0.506 e. The van der Waals surface area contributed by atoms with Crippen LogP contribution < -0.4 is 5.32 Å². The highest BCUT2D eigenvalue weighted by atomic mass is 35.5. The number of hydrogen-bond donors (Lipinski definition) is 3. The molecule has 0 saturated heterocycles. The van der Waals surface area contributed by atoms with Crippen LogP contribution in [0, 0.1) is 5.41 Å². The number of hydrogen-bond acceptors (Lipinski definition) is 3. The molecule has 0 radical (unpaired) electrons. The summed E-state index contributed by atoms with van der Waals surface area (Å²) in [7, 11) is 0. The van der Waals surface area contributed by atoms with Gasteiger partial charge >= 0.3 is 5.97 Å².